The van der Waals surface area contributed by atoms with E-state index < -0.39 is 35.7 Å². The van der Waals surface area contributed by atoms with Gasteiger partial charge in [0.1, 0.15) is 5.75 Å². The van der Waals surface area contributed by atoms with Crippen molar-refractivity contribution >= 4 is 0 Å². The second kappa shape index (κ2) is 4.95. The molecule has 0 aliphatic heterocycles. The van der Waals surface area contributed by atoms with Gasteiger partial charge in [-0.2, -0.15) is 43.9 Å². The monoisotopic (exact) mass is 330 g/mol. The van der Waals surface area contributed by atoms with E-state index >= 15 is 0 Å². The highest BCUT2D eigenvalue weighted by Crippen LogP contribution is 2.47. The molecule has 0 radical (unpaired) electrons. The second-order valence-corrected chi connectivity index (χ2v) is 3.71. The van der Waals surface area contributed by atoms with Crippen LogP contribution in [-0.4, -0.2) is 18.2 Å². The molecule has 1 aromatic rings. The molecule has 1 aromatic carbocycles. The van der Waals surface area contributed by atoms with Gasteiger partial charge in [0, 0.05) is 0 Å². The molecule has 0 atom stereocenters. The van der Waals surface area contributed by atoms with Gasteiger partial charge in [-0.15, -0.1) is 0 Å². The van der Waals surface area contributed by atoms with Crippen molar-refractivity contribution in [1.29, 1.82) is 0 Å². The first-order chi connectivity index (χ1) is 9.18. The lowest BCUT2D eigenvalue weighted by molar-refractivity contribution is -0.402. The Morgan fingerprint density at radius 2 is 1.10 bits per heavy atom. The lowest BCUT2D eigenvalue weighted by Gasteiger charge is -2.27. The van der Waals surface area contributed by atoms with E-state index in [9.17, 15) is 43.9 Å². The van der Waals surface area contributed by atoms with Gasteiger partial charge < -0.3 is 4.74 Å². The molecule has 21 heavy (non-hydrogen) atoms. The summed E-state index contributed by atoms with van der Waals surface area (Å²) >= 11 is 0. The van der Waals surface area contributed by atoms with Crippen LogP contribution in [0.25, 0.3) is 0 Å². The summed E-state index contributed by atoms with van der Waals surface area (Å²) in [6.45, 7) is 0. The van der Waals surface area contributed by atoms with Gasteiger partial charge in [-0.3, -0.25) is 0 Å². The van der Waals surface area contributed by atoms with Crippen LogP contribution in [0.15, 0.2) is 24.3 Å². The molecule has 0 N–H and O–H groups in total. The van der Waals surface area contributed by atoms with Gasteiger partial charge in [0.15, 0.2) is 0 Å². The Hall–Kier alpha value is -1.68. The maximum atomic E-state index is 12.8. The number of hydrogen-bond donors (Lipinski definition) is 0. The Labute approximate surface area is 110 Å². The lowest BCUT2D eigenvalue weighted by Crippen LogP contribution is -2.55. The number of benzene rings is 1. The van der Waals surface area contributed by atoms with E-state index in [0.717, 1.165) is 0 Å². The Morgan fingerprint density at radius 1 is 0.667 bits per heavy atom. The highest BCUT2D eigenvalue weighted by atomic mass is 19.4. The highest BCUT2D eigenvalue weighted by Gasteiger charge is 2.75. The molecular formula is C10H4F10O. The van der Waals surface area contributed by atoms with Crippen LogP contribution >= 0.6 is 0 Å². The molecule has 0 bridgehead atoms. The van der Waals surface area contributed by atoms with Crippen molar-refractivity contribution in [2.24, 2.45) is 0 Å². The van der Waals surface area contributed by atoms with Gasteiger partial charge in [-0.05, 0) is 24.3 Å². The van der Waals surface area contributed by atoms with Crippen molar-refractivity contribution in [3.8, 4) is 5.75 Å². The minimum absolute atomic E-state index is 0.192. The average molecular weight is 330 g/mol. The van der Waals surface area contributed by atoms with Crippen LogP contribution < -0.4 is 4.74 Å². The normalized spacial score (nSPS) is 14.2. The van der Waals surface area contributed by atoms with E-state index in [1.807, 2.05) is 0 Å². The van der Waals surface area contributed by atoms with E-state index in [-0.39, 0.29) is 24.3 Å². The SMILES string of the molecule is FC(F)(F)c1ccc(OC(F)(F)C(F)(F)C(F)(F)F)cc1. The van der Waals surface area contributed by atoms with Crippen molar-refractivity contribution in [1.82, 2.24) is 0 Å². The van der Waals surface area contributed by atoms with Crippen molar-refractivity contribution in [3.05, 3.63) is 29.8 Å². The van der Waals surface area contributed by atoms with E-state index in [2.05, 4.69) is 4.74 Å². The third kappa shape index (κ3) is 3.50. The minimum Gasteiger partial charge on any atom is -0.428 e. The topological polar surface area (TPSA) is 9.23 Å². The number of rotatable bonds is 3. The molecule has 11 heteroatoms. The molecular weight excluding hydrogens is 326 g/mol. The summed E-state index contributed by atoms with van der Waals surface area (Å²) in [5, 5.41) is 0. The second-order valence-electron chi connectivity index (χ2n) is 3.71. The van der Waals surface area contributed by atoms with E-state index in [1.54, 1.807) is 0 Å². The van der Waals surface area contributed by atoms with E-state index in [4.69, 9.17) is 0 Å². The first kappa shape index (κ1) is 17.4. The van der Waals surface area contributed by atoms with Crippen LogP contribution in [0.3, 0.4) is 0 Å². The van der Waals surface area contributed by atoms with Crippen LogP contribution in [0.1, 0.15) is 5.56 Å². The number of alkyl halides is 10. The predicted molar refractivity (Wildman–Crippen MR) is 48.0 cm³/mol. The number of hydrogen-bond acceptors (Lipinski definition) is 1. The minimum atomic E-state index is -6.59. The molecule has 1 rings (SSSR count). The molecule has 0 aliphatic carbocycles. The van der Waals surface area contributed by atoms with Crippen LogP contribution in [0.4, 0.5) is 43.9 Å². The molecule has 0 saturated carbocycles. The molecule has 0 spiro atoms. The van der Waals surface area contributed by atoms with Crippen LogP contribution in [0.2, 0.25) is 0 Å². The van der Waals surface area contributed by atoms with E-state index in [1.165, 1.54) is 0 Å². The Balaban J connectivity index is 3.00. The molecule has 0 unspecified atom stereocenters. The summed E-state index contributed by atoms with van der Waals surface area (Å²) in [7, 11) is 0. The maximum absolute atomic E-state index is 12.8. The van der Waals surface area contributed by atoms with Crippen molar-refractivity contribution in [2.75, 3.05) is 0 Å². The summed E-state index contributed by atoms with van der Waals surface area (Å²) in [5.41, 5.74) is -1.32. The lowest BCUT2D eigenvalue weighted by atomic mass is 10.2. The number of halogens is 10. The zero-order valence-corrected chi connectivity index (χ0v) is 9.50. The molecule has 1 nitrogen and oxygen atoms in total. The zero-order valence-electron chi connectivity index (χ0n) is 9.50. The smallest absolute Gasteiger partial charge is 0.428 e. The summed E-state index contributed by atoms with van der Waals surface area (Å²) in [5.74, 6) is -7.79. The van der Waals surface area contributed by atoms with E-state index in [0.29, 0.717) is 0 Å². The molecule has 0 saturated heterocycles. The number of ether oxygens (including phenoxy) is 1. The van der Waals surface area contributed by atoms with Gasteiger partial charge in [0.05, 0.1) is 5.56 Å². The molecule has 0 aromatic heterocycles. The van der Waals surface area contributed by atoms with Crippen LogP contribution in [0.5, 0.6) is 5.75 Å². The van der Waals surface area contributed by atoms with Gasteiger partial charge in [-0.25, -0.2) is 0 Å². The third-order valence-corrected chi connectivity index (χ3v) is 2.15. The third-order valence-electron chi connectivity index (χ3n) is 2.15. The Bertz CT molecular complexity index is 484. The fourth-order valence-electron chi connectivity index (χ4n) is 1.09. The van der Waals surface area contributed by atoms with Crippen LogP contribution in [-0.2, 0) is 6.18 Å². The first-order valence-corrected chi connectivity index (χ1v) is 4.87. The summed E-state index contributed by atoms with van der Waals surface area (Å²) < 4.78 is 126. The Morgan fingerprint density at radius 3 is 1.43 bits per heavy atom. The van der Waals surface area contributed by atoms with Crippen LogP contribution in [0, 0.1) is 0 Å². The van der Waals surface area contributed by atoms with Gasteiger partial charge in [-0.1, -0.05) is 0 Å². The maximum Gasteiger partial charge on any atom is 0.474 e. The van der Waals surface area contributed by atoms with Crippen molar-refractivity contribution in [2.45, 2.75) is 24.4 Å². The fourth-order valence-corrected chi connectivity index (χ4v) is 1.09. The van der Waals surface area contributed by atoms with Gasteiger partial charge >= 0.3 is 24.4 Å². The predicted octanol–water partition coefficient (Wildman–Crippen LogP) is 4.87. The average Bonchev–Trinajstić information content (AvgIpc) is 2.26. The highest BCUT2D eigenvalue weighted by molar-refractivity contribution is 5.29. The molecule has 120 valence electrons. The summed E-state index contributed by atoms with van der Waals surface area (Å²) in [4.78, 5) is 0. The molecule has 0 aliphatic rings. The largest absolute Gasteiger partial charge is 0.474 e. The van der Waals surface area contributed by atoms with Crippen molar-refractivity contribution in [3.63, 3.8) is 0 Å². The Kier molecular flexibility index (Phi) is 4.09. The zero-order chi connectivity index (χ0) is 16.7. The first-order valence-electron chi connectivity index (χ1n) is 4.87. The van der Waals surface area contributed by atoms with Crippen molar-refractivity contribution < 1.29 is 48.6 Å². The fraction of sp³-hybridized carbons (Fsp3) is 0.400. The molecule has 0 fully saturated rings. The van der Waals surface area contributed by atoms with Gasteiger partial charge in [0.2, 0.25) is 0 Å². The molecule has 0 heterocycles. The molecule has 0 amide bonds. The standard InChI is InChI=1S/C10H4F10O/c11-7(12,13)5-1-3-6(4-2-5)21-10(19,20)8(14,15)9(16,17)18/h1-4H. The summed E-state index contributed by atoms with van der Waals surface area (Å²) in [6, 6.07) is 0.778. The quantitative estimate of drug-likeness (QED) is 0.718. The van der Waals surface area contributed by atoms with Gasteiger partial charge in [0.25, 0.3) is 0 Å². The summed E-state index contributed by atoms with van der Waals surface area (Å²) in [6.07, 6.45) is -17.4.